The number of aryl methyl sites for hydroxylation is 1. The first-order valence-corrected chi connectivity index (χ1v) is 14.0. The van der Waals surface area contributed by atoms with Crippen molar-refractivity contribution in [3.63, 3.8) is 0 Å². The molecule has 3 atom stereocenters. The molecule has 2 aromatic carbocycles. The first kappa shape index (κ1) is 29.9. The van der Waals surface area contributed by atoms with Crippen molar-refractivity contribution >= 4 is 34.4 Å². The molecule has 1 aliphatic rings. The highest BCUT2D eigenvalue weighted by Gasteiger charge is 2.34. The number of urea groups is 1. The van der Waals surface area contributed by atoms with Crippen LogP contribution in [0.1, 0.15) is 43.6 Å². The van der Waals surface area contributed by atoms with E-state index in [1.165, 1.54) is 0 Å². The third-order valence-electron chi connectivity index (χ3n) is 7.49. The van der Waals surface area contributed by atoms with Crippen molar-refractivity contribution < 1.29 is 24.2 Å². The number of aromatic nitrogens is 1. The van der Waals surface area contributed by atoms with Gasteiger partial charge in [0.15, 0.2) is 0 Å². The van der Waals surface area contributed by atoms with Gasteiger partial charge < -0.3 is 34.8 Å². The number of aliphatic hydroxyl groups excluding tert-OH is 1. The summed E-state index contributed by atoms with van der Waals surface area (Å²) in [5.74, 6) is -0.254. The SMILES string of the molecule is CC(C)NC(=O)N(C)C[C@@H]1Oc2ccc(NC(=O)Cc3cn(C)c4ccccc34)cc2C(=O)N([C@@H](C)CO)C[C@H]1C. The molecule has 0 saturated heterocycles. The van der Waals surface area contributed by atoms with Gasteiger partial charge in [-0.15, -0.1) is 0 Å². The Labute approximate surface area is 241 Å². The number of benzene rings is 2. The standard InChI is InChI=1S/C31H41N5O5/c1-19(2)32-31(40)35(6)17-28-20(3)15-36(21(4)18-37)30(39)25-14-23(11-12-27(25)41-28)33-29(38)13-22-16-34(5)26-10-8-7-9-24(22)26/h7-12,14,16,19-21,28,37H,13,15,17-18H2,1-6H3,(H,32,40)(H,33,38)/t20-,21+,28+/m1/s1. The Morgan fingerprint density at radius 1 is 1.17 bits per heavy atom. The summed E-state index contributed by atoms with van der Waals surface area (Å²) >= 11 is 0. The molecule has 2 heterocycles. The van der Waals surface area contributed by atoms with E-state index in [0.717, 1.165) is 16.5 Å². The summed E-state index contributed by atoms with van der Waals surface area (Å²) in [5, 5.41) is 16.7. The van der Waals surface area contributed by atoms with Gasteiger partial charge in [0.2, 0.25) is 5.91 Å². The number of carbonyl (C=O) groups excluding carboxylic acids is 3. The number of para-hydroxylation sites is 1. The number of amides is 4. The molecule has 0 radical (unpaired) electrons. The quantitative estimate of drug-likeness (QED) is 0.387. The molecule has 10 nitrogen and oxygen atoms in total. The lowest BCUT2D eigenvalue weighted by atomic mass is 9.99. The molecule has 1 aliphatic heterocycles. The molecule has 3 aromatic rings. The van der Waals surface area contributed by atoms with Gasteiger partial charge in [-0.25, -0.2) is 4.79 Å². The van der Waals surface area contributed by atoms with Gasteiger partial charge in [0.25, 0.3) is 5.91 Å². The Morgan fingerprint density at radius 2 is 1.90 bits per heavy atom. The highest BCUT2D eigenvalue weighted by atomic mass is 16.5. The summed E-state index contributed by atoms with van der Waals surface area (Å²) in [4.78, 5) is 42.6. The molecule has 0 saturated carbocycles. The zero-order chi connectivity index (χ0) is 29.8. The molecule has 1 aromatic heterocycles. The minimum absolute atomic E-state index is 0.00545. The molecule has 10 heteroatoms. The van der Waals surface area contributed by atoms with E-state index in [4.69, 9.17) is 4.74 Å². The molecule has 41 heavy (non-hydrogen) atoms. The number of nitrogens with one attached hydrogen (secondary N) is 2. The first-order chi connectivity index (χ1) is 19.5. The second-order valence-electron chi connectivity index (χ2n) is 11.3. The largest absolute Gasteiger partial charge is 0.487 e. The zero-order valence-electron chi connectivity index (χ0n) is 24.7. The van der Waals surface area contributed by atoms with E-state index in [-0.39, 0.29) is 42.8 Å². The summed E-state index contributed by atoms with van der Waals surface area (Å²) < 4.78 is 8.36. The number of carbonyl (C=O) groups is 3. The molecule has 4 amide bonds. The third kappa shape index (κ3) is 6.82. The number of fused-ring (bicyclic) bond motifs is 2. The van der Waals surface area contributed by atoms with Gasteiger partial charge in [-0.2, -0.15) is 0 Å². The summed E-state index contributed by atoms with van der Waals surface area (Å²) in [6.07, 6.45) is 1.72. The van der Waals surface area contributed by atoms with Crippen LogP contribution in [0.25, 0.3) is 10.9 Å². The molecule has 0 unspecified atom stereocenters. The van der Waals surface area contributed by atoms with Gasteiger partial charge in [0, 0.05) is 55.4 Å². The van der Waals surface area contributed by atoms with Gasteiger partial charge >= 0.3 is 6.03 Å². The van der Waals surface area contributed by atoms with E-state index >= 15 is 0 Å². The van der Waals surface area contributed by atoms with Crippen molar-refractivity contribution in [2.45, 2.75) is 52.3 Å². The second-order valence-corrected chi connectivity index (χ2v) is 11.3. The van der Waals surface area contributed by atoms with E-state index in [9.17, 15) is 19.5 Å². The maximum Gasteiger partial charge on any atom is 0.317 e. The zero-order valence-corrected chi connectivity index (χ0v) is 24.7. The Bertz CT molecular complexity index is 1420. The van der Waals surface area contributed by atoms with Crippen LogP contribution in [0.15, 0.2) is 48.7 Å². The molecule has 0 aliphatic carbocycles. The number of nitrogens with zero attached hydrogens (tertiary/aromatic N) is 3. The van der Waals surface area contributed by atoms with Crippen LogP contribution in [0.2, 0.25) is 0 Å². The van der Waals surface area contributed by atoms with Gasteiger partial charge in [0.05, 0.1) is 31.2 Å². The van der Waals surface area contributed by atoms with Gasteiger partial charge in [0.1, 0.15) is 11.9 Å². The number of anilines is 1. The van der Waals surface area contributed by atoms with Crippen molar-refractivity contribution in [1.82, 2.24) is 19.7 Å². The van der Waals surface area contributed by atoms with Crippen LogP contribution in [-0.2, 0) is 18.3 Å². The predicted molar refractivity (Wildman–Crippen MR) is 159 cm³/mol. The number of ether oxygens (including phenoxy) is 1. The number of rotatable bonds is 8. The number of likely N-dealkylation sites (N-methyl/N-ethyl adjacent to an activating group) is 1. The molecule has 4 rings (SSSR count). The van der Waals surface area contributed by atoms with Crippen molar-refractivity contribution in [1.29, 1.82) is 0 Å². The fourth-order valence-electron chi connectivity index (χ4n) is 5.17. The second kappa shape index (κ2) is 12.6. The van der Waals surface area contributed by atoms with Crippen molar-refractivity contribution in [2.75, 3.05) is 32.1 Å². The first-order valence-electron chi connectivity index (χ1n) is 14.0. The normalized spacial score (nSPS) is 17.9. The molecule has 3 N–H and O–H groups in total. The minimum Gasteiger partial charge on any atom is -0.487 e. The molecular formula is C31H41N5O5. The van der Waals surface area contributed by atoms with Gasteiger partial charge in [-0.3, -0.25) is 9.59 Å². The fourth-order valence-corrected chi connectivity index (χ4v) is 5.17. The van der Waals surface area contributed by atoms with Crippen LogP contribution >= 0.6 is 0 Å². The molecule has 0 fully saturated rings. The summed E-state index contributed by atoms with van der Waals surface area (Å²) in [6, 6.07) is 12.3. The number of aliphatic hydroxyl groups is 1. The Balaban J connectivity index is 1.59. The van der Waals surface area contributed by atoms with E-state index in [1.54, 1.807) is 42.0 Å². The highest BCUT2D eigenvalue weighted by molar-refractivity contribution is 6.00. The van der Waals surface area contributed by atoms with E-state index in [1.807, 2.05) is 62.8 Å². The van der Waals surface area contributed by atoms with E-state index in [2.05, 4.69) is 10.6 Å². The molecule has 0 spiro atoms. The summed E-state index contributed by atoms with van der Waals surface area (Å²) in [5.41, 5.74) is 2.73. The topological polar surface area (TPSA) is 116 Å². The maximum atomic E-state index is 13.7. The summed E-state index contributed by atoms with van der Waals surface area (Å²) in [7, 11) is 3.66. The highest BCUT2D eigenvalue weighted by Crippen LogP contribution is 2.31. The van der Waals surface area contributed by atoms with E-state index in [0.29, 0.717) is 30.1 Å². The van der Waals surface area contributed by atoms with Crippen LogP contribution in [0.4, 0.5) is 10.5 Å². The lowest BCUT2D eigenvalue weighted by Gasteiger charge is -2.38. The van der Waals surface area contributed by atoms with Crippen LogP contribution < -0.4 is 15.4 Å². The van der Waals surface area contributed by atoms with Crippen LogP contribution in [-0.4, -0.2) is 82.3 Å². The molecular weight excluding hydrogens is 522 g/mol. The lowest BCUT2D eigenvalue weighted by molar-refractivity contribution is -0.115. The average Bonchev–Trinajstić information content (AvgIpc) is 3.24. The minimum atomic E-state index is -0.428. The van der Waals surface area contributed by atoms with Crippen LogP contribution in [0.3, 0.4) is 0 Å². The maximum absolute atomic E-state index is 13.7. The Morgan fingerprint density at radius 3 is 2.61 bits per heavy atom. The average molecular weight is 564 g/mol. The monoisotopic (exact) mass is 563 g/mol. The fraction of sp³-hybridized carbons (Fsp3) is 0.452. The number of hydrogen-bond acceptors (Lipinski definition) is 5. The Hall–Kier alpha value is -4.05. The molecule has 220 valence electrons. The predicted octanol–water partition coefficient (Wildman–Crippen LogP) is 3.63. The van der Waals surface area contributed by atoms with Gasteiger partial charge in [-0.1, -0.05) is 25.1 Å². The van der Waals surface area contributed by atoms with E-state index < -0.39 is 12.1 Å². The van der Waals surface area contributed by atoms with Crippen molar-refractivity contribution in [3.8, 4) is 5.75 Å². The van der Waals surface area contributed by atoms with Crippen molar-refractivity contribution in [3.05, 3.63) is 59.8 Å². The van der Waals surface area contributed by atoms with Gasteiger partial charge in [-0.05, 0) is 50.6 Å². The third-order valence-corrected chi connectivity index (χ3v) is 7.49. The Kier molecular flexibility index (Phi) is 9.22. The van der Waals surface area contributed by atoms with Crippen LogP contribution in [0.5, 0.6) is 5.75 Å². The van der Waals surface area contributed by atoms with Crippen LogP contribution in [0, 0.1) is 5.92 Å². The summed E-state index contributed by atoms with van der Waals surface area (Å²) in [6.45, 7) is 8.00. The smallest absolute Gasteiger partial charge is 0.317 e. The van der Waals surface area contributed by atoms with Crippen molar-refractivity contribution in [2.24, 2.45) is 13.0 Å². The lowest BCUT2D eigenvalue weighted by Crippen LogP contribution is -2.51. The molecule has 0 bridgehead atoms. The number of hydrogen-bond donors (Lipinski definition) is 3.